The predicted molar refractivity (Wildman–Crippen MR) is 77.6 cm³/mol. The van der Waals surface area contributed by atoms with E-state index in [9.17, 15) is 0 Å². The van der Waals surface area contributed by atoms with Crippen molar-refractivity contribution in [3.05, 3.63) is 28.5 Å². The van der Waals surface area contributed by atoms with Gasteiger partial charge in [-0.1, -0.05) is 0 Å². The van der Waals surface area contributed by atoms with Gasteiger partial charge in [-0.3, -0.25) is 0 Å². The second-order valence-corrected chi connectivity index (χ2v) is 5.35. The maximum Gasteiger partial charge on any atom is 0.136 e. The van der Waals surface area contributed by atoms with Crippen LogP contribution in [0.2, 0.25) is 0 Å². The summed E-state index contributed by atoms with van der Waals surface area (Å²) in [5.41, 5.74) is 2.89. The quantitative estimate of drug-likeness (QED) is 0.848. The van der Waals surface area contributed by atoms with Crippen LogP contribution in [0.3, 0.4) is 0 Å². The number of anilines is 2. The number of hydrogen-bond donors (Lipinski definition) is 2. The molecule has 0 unspecified atom stereocenters. The lowest BCUT2D eigenvalue weighted by molar-refractivity contribution is 0.916. The minimum Gasteiger partial charge on any atom is -0.370 e. The Bertz CT molecular complexity index is 536. The van der Waals surface area contributed by atoms with E-state index < -0.39 is 0 Å². The molecule has 2 heterocycles. The molecule has 1 aliphatic carbocycles. The monoisotopic (exact) mass is 275 g/mol. The molecular weight excluding hydrogens is 258 g/mol. The van der Waals surface area contributed by atoms with Crippen LogP contribution in [0.4, 0.5) is 11.6 Å². The molecule has 0 saturated heterocycles. The van der Waals surface area contributed by atoms with Crippen LogP contribution in [0.1, 0.15) is 37.2 Å². The summed E-state index contributed by atoms with van der Waals surface area (Å²) < 4.78 is 0. The van der Waals surface area contributed by atoms with E-state index in [0.717, 1.165) is 29.7 Å². The summed E-state index contributed by atoms with van der Waals surface area (Å²) in [6, 6.07) is 1.96. The van der Waals surface area contributed by atoms with E-state index in [1.165, 1.54) is 12.8 Å². The van der Waals surface area contributed by atoms with E-state index in [1.54, 1.807) is 11.3 Å². The van der Waals surface area contributed by atoms with E-state index >= 15 is 0 Å². The van der Waals surface area contributed by atoms with Crippen molar-refractivity contribution in [1.82, 2.24) is 15.0 Å². The minimum absolute atomic E-state index is 0.554. The van der Waals surface area contributed by atoms with Gasteiger partial charge < -0.3 is 10.6 Å². The van der Waals surface area contributed by atoms with Gasteiger partial charge in [-0.15, -0.1) is 11.3 Å². The predicted octanol–water partition coefficient (Wildman–Crippen LogP) is 2.85. The number of nitrogens with one attached hydrogen (secondary N) is 2. The fourth-order valence-electron chi connectivity index (χ4n) is 1.86. The van der Waals surface area contributed by atoms with Crippen LogP contribution in [0.5, 0.6) is 0 Å². The molecule has 2 aromatic heterocycles. The van der Waals surface area contributed by atoms with Gasteiger partial charge in [0.1, 0.15) is 17.5 Å². The highest BCUT2D eigenvalue weighted by atomic mass is 32.1. The molecule has 1 saturated carbocycles. The first-order valence-electron chi connectivity index (χ1n) is 6.59. The van der Waals surface area contributed by atoms with Crippen LogP contribution in [0.15, 0.2) is 17.0 Å². The highest BCUT2D eigenvalue weighted by Gasteiger charge is 2.27. The first kappa shape index (κ1) is 12.3. The van der Waals surface area contributed by atoms with Crippen LogP contribution < -0.4 is 10.6 Å². The Balaban J connectivity index is 1.74. The van der Waals surface area contributed by atoms with Crippen LogP contribution in [0.25, 0.3) is 0 Å². The molecule has 0 amide bonds. The van der Waals surface area contributed by atoms with E-state index in [-0.39, 0.29) is 0 Å². The molecule has 0 atom stereocenters. The van der Waals surface area contributed by atoms with Crippen molar-refractivity contribution in [3.8, 4) is 0 Å². The number of nitrogens with zero attached hydrogens (tertiary/aromatic N) is 3. The molecule has 6 heteroatoms. The molecule has 0 radical (unpaired) electrons. The molecule has 2 N–H and O–H groups in total. The Hall–Kier alpha value is -1.69. The Kier molecular flexibility index (Phi) is 3.59. The second-order valence-electron chi connectivity index (χ2n) is 4.63. The molecule has 5 nitrogen and oxygen atoms in total. The summed E-state index contributed by atoms with van der Waals surface area (Å²) in [6.07, 6.45) is 2.42. The lowest BCUT2D eigenvalue weighted by Crippen LogP contribution is -2.07. The molecule has 1 fully saturated rings. The first-order chi connectivity index (χ1) is 9.35. The van der Waals surface area contributed by atoms with Crippen molar-refractivity contribution in [3.63, 3.8) is 0 Å². The third-order valence-corrected chi connectivity index (χ3v) is 3.61. The maximum absolute atomic E-state index is 4.59. The number of thiazole rings is 1. The van der Waals surface area contributed by atoms with Crippen molar-refractivity contribution >= 4 is 23.0 Å². The lowest BCUT2D eigenvalue weighted by Gasteiger charge is -2.09. The summed E-state index contributed by atoms with van der Waals surface area (Å²) in [5, 5.41) is 8.62. The van der Waals surface area contributed by atoms with E-state index in [0.29, 0.717) is 12.5 Å². The molecule has 3 rings (SSSR count). The SMILES string of the molecule is CCNc1cc(NCc2cscn2)nc(C2CC2)n1. The third kappa shape index (κ3) is 3.20. The zero-order valence-corrected chi connectivity index (χ0v) is 11.7. The molecule has 0 aliphatic heterocycles. The standard InChI is InChI=1S/C13H17N5S/c1-2-14-11-5-12(15-6-10-7-19-8-16-10)18-13(17-11)9-3-4-9/h5,7-9H,2-4,6H2,1H3,(H2,14,15,17,18). The van der Waals surface area contributed by atoms with Gasteiger partial charge in [0.25, 0.3) is 0 Å². The normalized spacial score (nSPS) is 14.4. The third-order valence-electron chi connectivity index (χ3n) is 2.98. The maximum atomic E-state index is 4.59. The first-order valence-corrected chi connectivity index (χ1v) is 7.53. The Morgan fingerprint density at radius 3 is 2.68 bits per heavy atom. The Morgan fingerprint density at radius 1 is 1.26 bits per heavy atom. The molecule has 1 aliphatic rings. The van der Waals surface area contributed by atoms with Gasteiger partial charge in [0, 0.05) is 23.9 Å². The molecule has 0 bridgehead atoms. The minimum atomic E-state index is 0.554. The van der Waals surface area contributed by atoms with Gasteiger partial charge in [-0.05, 0) is 19.8 Å². The fourth-order valence-corrected chi connectivity index (χ4v) is 2.42. The molecular formula is C13H17N5S. The highest BCUT2D eigenvalue weighted by Crippen LogP contribution is 2.38. The summed E-state index contributed by atoms with van der Waals surface area (Å²) in [6.45, 7) is 3.64. The summed E-state index contributed by atoms with van der Waals surface area (Å²) in [5.74, 6) is 3.29. The van der Waals surface area contributed by atoms with Gasteiger partial charge in [-0.25, -0.2) is 15.0 Å². The van der Waals surface area contributed by atoms with Gasteiger partial charge in [0.2, 0.25) is 0 Å². The summed E-state index contributed by atoms with van der Waals surface area (Å²) >= 11 is 1.61. The Labute approximate surface area is 116 Å². The van der Waals surface area contributed by atoms with Crippen molar-refractivity contribution in [2.75, 3.05) is 17.2 Å². The molecule has 100 valence electrons. The van der Waals surface area contributed by atoms with E-state index in [4.69, 9.17) is 0 Å². The summed E-state index contributed by atoms with van der Waals surface area (Å²) in [4.78, 5) is 13.4. The van der Waals surface area contributed by atoms with Crippen molar-refractivity contribution in [2.24, 2.45) is 0 Å². The Morgan fingerprint density at radius 2 is 2.05 bits per heavy atom. The van der Waals surface area contributed by atoms with E-state index in [1.807, 2.05) is 17.0 Å². The van der Waals surface area contributed by atoms with E-state index in [2.05, 4.69) is 32.5 Å². The van der Waals surface area contributed by atoms with Crippen LogP contribution in [-0.2, 0) is 6.54 Å². The van der Waals surface area contributed by atoms with Gasteiger partial charge in [-0.2, -0.15) is 0 Å². The number of hydrogen-bond acceptors (Lipinski definition) is 6. The second kappa shape index (κ2) is 5.52. The molecule has 0 spiro atoms. The average Bonchev–Trinajstić information content (AvgIpc) is 3.14. The topological polar surface area (TPSA) is 62.7 Å². The summed E-state index contributed by atoms with van der Waals surface area (Å²) in [7, 11) is 0. The number of rotatable bonds is 6. The molecule has 0 aromatic carbocycles. The zero-order chi connectivity index (χ0) is 13.1. The fraction of sp³-hybridized carbons (Fsp3) is 0.462. The molecule has 19 heavy (non-hydrogen) atoms. The number of aromatic nitrogens is 3. The average molecular weight is 275 g/mol. The molecule has 2 aromatic rings. The zero-order valence-electron chi connectivity index (χ0n) is 10.9. The van der Waals surface area contributed by atoms with Gasteiger partial charge in [0.05, 0.1) is 17.7 Å². The largest absolute Gasteiger partial charge is 0.370 e. The van der Waals surface area contributed by atoms with Gasteiger partial charge in [0.15, 0.2) is 0 Å². The van der Waals surface area contributed by atoms with Crippen LogP contribution >= 0.6 is 11.3 Å². The van der Waals surface area contributed by atoms with Crippen molar-refractivity contribution < 1.29 is 0 Å². The smallest absolute Gasteiger partial charge is 0.136 e. The van der Waals surface area contributed by atoms with Crippen molar-refractivity contribution in [2.45, 2.75) is 32.2 Å². The highest BCUT2D eigenvalue weighted by molar-refractivity contribution is 7.07. The lowest BCUT2D eigenvalue weighted by atomic mass is 10.3. The van der Waals surface area contributed by atoms with Crippen LogP contribution in [0, 0.1) is 0 Å². The van der Waals surface area contributed by atoms with Crippen molar-refractivity contribution in [1.29, 1.82) is 0 Å². The van der Waals surface area contributed by atoms with Crippen LogP contribution in [-0.4, -0.2) is 21.5 Å². The van der Waals surface area contributed by atoms with Gasteiger partial charge >= 0.3 is 0 Å².